The molecule has 1 fully saturated rings. The molecule has 1 aliphatic heterocycles. The molecule has 0 atom stereocenters. The van der Waals surface area contributed by atoms with Crippen LogP contribution < -0.4 is 10.1 Å². The van der Waals surface area contributed by atoms with Gasteiger partial charge in [0.25, 0.3) is 5.91 Å². The number of carbonyl (C=O) groups excluding carboxylic acids is 1. The van der Waals surface area contributed by atoms with Gasteiger partial charge in [-0.3, -0.25) is 4.79 Å². The molecule has 0 saturated carbocycles. The number of carbonyl (C=O) groups is 1. The number of phenols is 1. The van der Waals surface area contributed by atoms with Crippen LogP contribution in [0.3, 0.4) is 0 Å². The van der Waals surface area contributed by atoms with Gasteiger partial charge in [-0.2, -0.15) is 0 Å². The molecular weight excluding hydrogens is 258 g/mol. The van der Waals surface area contributed by atoms with Gasteiger partial charge < -0.3 is 19.9 Å². The molecular formula is C15H21NO4. The number of amides is 1. The molecule has 1 aromatic carbocycles. The maximum absolute atomic E-state index is 12.0. The van der Waals surface area contributed by atoms with Crippen LogP contribution in [0.15, 0.2) is 18.2 Å². The molecule has 1 aromatic rings. The van der Waals surface area contributed by atoms with Gasteiger partial charge >= 0.3 is 0 Å². The fourth-order valence-corrected chi connectivity index (χ4v) is 2.23. The van der Waals surface area contributed by atoms with Crippen molar-refractivity contribution in [2.75, 3.05) is 26.4 Å². The largest absolute Gasteiger partial charge is 0.504 e. The van der Waals surface area contributed by atoms with Crippen molar-refractivity contribution in [3.05, 3.63) is 23.8 Å². The topological polar surface area (TPSA) is 67.8 Å². The van der Waals surface area contributed by atoms with E-state index in [0.29, 0.717) is 30.4 Å². The Balaban J connectivity index is 1.89. The van der Waals surface area contributed by atoms with E-state index in [1.165, 1.54) is 6.07 Å². The minimum Gasteiger partial charge on any atom is -0.504 e. The second kappa shape index (κ2) is 7.14. The molecule has 0 radical (unpaired) electrons. The Hall–Kier alpha value is -1.75. The maximum Gasteiger partial charge on any atom is 0.251 e. The summed E-state index contributed by atoms with van der Waals surface area (Å²) in [4.78, 5) is 12.0. The van der Waals surface area contributed by atoms with E-state index in [1.807, 2.05) is 6.92 Å². The van der Waals surface area contributed by atoms with Crippen molar-refractivity contribution >= 4 is 5.91 Å². The van der Waals surface area contributed by atoms with Gasteiger partial charge in [-0.15, -0.1) is 0 Å². The van der Waals surface area contributed by atoms with Crippen molar-refractivity contribution in [1.82, 2.24) is 5.32 Å². The quantitative estimate of drug-likeness (QED) is 0.864. The molecule has 1 aliphatic rings. The summed E-state index contributed by atoms with van der Waals surface area (Å²) in [5.41, 5.74) is 0.443. The molecule has 2 N–H and O–H groups in total. The van der Waals surface area contributed by atoms with Gasteiger partial charge in [0.1, 0.15) is 0 Å². The third-order valence-electron chi connectivity index (χ3n) is 3.41. The van der Waals surface area contributed by atoms with E-state index in [0.717, 1.165) is 26.1 Å². The number of hydrogen-bond acceptors (Lipinski definition) is 4. The van der Waals surface area contributed by atoms with Gasteiger partial charge in [0.15, 0.2) is 11.5 Å². The van der Waals surface area contributed by atoms with Gasteiger partial charge in [-0.1, -0.05) is 0 Å². The van der Waals surface area contributed by atoms with Crippen molar-refractivity contribution in [1.29, 1.82) is 0 Å². The molecule has 0 unspecified atom stereocenters. The third-order valence-corrected chi connectivity index (χ3v) is 3.41. The number of hydrogen-bond donors (Lipinski definition) is 2. The van der Waals surface area contributed by atoms with Crippen LogP contribution in [-0.4, -0.2) is 37.4 Å². The van der Waals surface area contributed by atoms with Crippen LogP contribution in [0.5, 0.6) is 11.5 Å². The lowest BCUT2D eigenvalue weighted by Crippen LogP contribution is -2.32. The first-order chi connectivity index (χ1) is 9.70. The standard InChI is InChI=1S/C15H21NO4/c1-2-20-14-4-3-12(9-13(14)17)15(18)16-10-11-5-7-19-8-6-11/h3-4,9,11,17H,2,5-8,10H2,1H3,(H,16,18). The van der Waals surface area contributed by atoms with E-state index >= 15 is 0 Å². The van der Waals surface area contributed by atoms with E-state index in [1.54, 1.807) is 12.1 Å². The lowest BCUT2D eigenvalue weighted by molar-refractivity contribution is 0.0642. The molecule has 110 valence electrons. The molecule has 5 nitrogen and oxygen atoms in total. The number of rotatable bonds is 5. The van der Waals surface area contributed by atoms with Crippen molar-refractivity contribution < 1.29 is 19.4 Å². The highest BCUT2D eigenvalue weighted by Gasteiger charge is 2.16. The van der Waals surface area contributed by atoms with E-state index in [-0.39, 0.29) is 11.7 Å². The van der Waals surface area contributed by atoms with Crippen molar-refractivity contribution in [3.8, 4) is 11.5 Å². The van der Waals surface area contributed by atoms with Gasteiger partial charge in [0.05, 0.1) is 6.61 Å². The average molecular weight is 279 g/mol. The van der Waals surface area contributed by atoms with Crippen LogP contribution in [0.1, 0.15) is 30.1 Å². The van der Waals surface area contributed by atoms with Crippen molar-refractivity contribution in [3.63, 3.8) is 0 Å². The van der Waals surface area contributed by atoms with Crippen LogP contribution in [-0.2, 0) is 4.74 Å². The maximum atomic E-state index is 12.0. The Morgan fingerprint density at radius 3 is 2.85 bits per heavy atom. The number of phenolic OH excluding ortho intramolecular Hbond substituents is 1. The molecule has 20 heavy (non-hydrogen) atoms. The molecule has 2 rings (SSSR count). The van der Waals surface area contributed by atoms with Gasteiger partial charge in [0.2, 0.25) is 0 Å². The Labute approximate surface area is 118 Å². The second-order valence-corrected chi connectivity index (χ2v) is 4.88. The fourth-order valence-electron chi connectivity index (χ4n) is 2.23. The number of ether oxygens (including phenoxy) is 2. The van der Waals surface area contributed by atoms with Crippen LogP contribution in [0, 0.1) is 5.92 Å². The van der Waals surface area contributed by atoms with E-state index in [4.69, 9.17) is 9.47 Å². The number of benzene rings is 1. The Bertz CT molecular complexity index is 455. The monoisotopic (exact) mass is 279 g/mol. The molecule has 0 spiro atoms. The van der Waals surface area contributed by atoms with Gasteiger partial charge in [0, 0.05) is 25.3 Å². The molecule has 0 aliphatic carbocycles. The molecule has 0 aromatic heterocycles. The van der Waals surface area contributed by atoms with Crippen molar-refractivity contribution in [2.24, 2.45) is 5.92 Å². The first-order valence-electron chi connectivity index (χ1n) is 7.02. The minimum absolute atomic E-state index is 0.00873. The Kier molecular flexibility index (Phi) is 5.24. The summed E-state index contributed by atoms with van der Waals surface area (Å²) in [6, 6.07) is 4.70. The third kappa shape index (κ3) is 3.87. The van der Waals surface area contributed by atoms with Crippen LogP contribution in [0.2, 0.25) is 0 Å². The summed E-state index contributed by atoms with van der Waals surface area (Å²) in [5.74, 6) is 0.692. The first kappa shape index (κ1) is 14.7. The molecule has 5 heteroatoms. The van der Waals surface area contributed by atoms with Crippen LogP contribution in [0.4, 0.5) is 0 Å². The SMILES string of the molecule is CCOc1ccc(C(=O)NCC2CCOCC2)cc1O. The normalized spacial score (nSPS) is 15.8. The van der Waals surface area contributed by atoms with Gasteiger partial charge in [-0.05, 0) is 43.9 Å². The fraction of sp³-hybridized carbons (Fsp3) is 0.533. The Morgan fingerprint density at radius 2 is 2.20 bits per heavy atom. The highest BCUT2D eigenvalue weighted by Crippen LogP contribution is 2.26. The van der Waals surface area contributed by atoms with E-state index in [9.17, 15) is 9.90 Å². The lowest BCUT2D eigenvalue weighted by atomic mass is 10.0. The zero-order chi connectivity index (χ0) is 14.4. The minimum atomic E-state index is -0.171. The molecule has 0 bridgehead atoms. The smallest absolute Gasteiger partial charge is 0.251 e. The molecule has 1 saturated heterocycles. The van der Waals surface area contributed by atoms with Crippen LogP contribution in [0.25, 0.3) is 0 Å². The lowest BCUT2D eigenvalue weighted by Gasteiger charge is -2.22. The predicted molar refractivity (Wildman–Crippen MR) is 75.2 cm³/mol. The highest BCUT2D eigenvalue weighted by molar-refractivity contribution is 5.94. The van der Waals surface area contributed by atoms with E-state index < -0.39 is 0 Å². The zero-order valence-corrected chi connectivity index (χ0v) is 11.7. The summed E-state index contributed by atoms with van der Waals surface area (Å²) in [6.45, 7) is 4.50. The average Bonchev–Trinajstić information content (AvgIpc) is 2.48. The van der Waals surface area contributed by atoms with Crippen LogP contribution >= 0.6 is 0 Å². The molecule has 1 heterocycles. The zero-order valence-electron chi connectivity index (χ0n) is 11.7. The summed E-state index contributed by atoms with van der Waals surface area (Å²) in [7, 11) is 0. The van der Waals surface area contributed by atoms with Gasteiger partial charge in [-0.25, -0.2) is 0 Å². The summed E-state index contributed by atoms with van der Waals surface area (Å²) in [6.07, 6.45) is 1.96. The number of nitrogens with one attached hydrogen (secondary N) is 1. The second-order valence-electron chi connectivity index (χ2n) is 4.88. The van der Waals surface area contributed by atoms with E-state index in [2.05, 4.69) is 5.32 Å². The van der Waals surface area contributed by atoms with Crippen molar-refractivity contribution in [2.45, 2.75) is 19.8 Å². The summed E-state index contributed by atoms with van der Waals surface area (Å²) >= 11 is 0. The molecule has 1 amide bonds. The Morgan fingerprint density at radius 1 is 1.45 bits per heavy atom. The number of aromatic hydroxyl groups is 1. The summed E-state index contributed by atoms with van der Waals surface area (Å²) in [5, 5.41) is 12.7. The predicted octanol–water partition coefficient (Wildman–Crippen LogP) is 1.95. The first-order valence-corrected chi connectivity index (χ1v) is 7.02. The highest BCUT2D eigenvalue weighted by atomic mass is 16.5. The summed E-state index contributed by atoms with van der Waals surface area (Å²) < 4.78 is 10.5.